The SMILES string of the molecule is COc1cccc(Cn2cnc3sc4c(c3c2=O)CCC(NC2Cc3ccccc3C2)C4)c1. The summed E-state index contributed by atoms with van der Waals surface area (Å²) in [5, 5.41) is 4.74. The predicted octanol–water partition coefficient (Wildman–Crippen LogP) is 4.13. The Morgan fingerprint density at radius 1 is 1.09 bits per heavy atom. The molecular formula is C27H27N3O2S. The molecule has 168 valence electrons. The number of nitrogens with one attached hydrogen (secondary N) is 1. The van der Waals surface area contributed by atoms with Crippen molar-refractivity contribution in [3.63, 3.8) is 0 Å². The normalized spacial score (nSPS) is 17.8. The van der Waals surface area contributed by atoms with Crippen LogP contribution in [0.2, 0.25) is 0 Å². The molecule has 2 aliphatic rings. The van der Waals surface area contributed by atoms with E-state index in [-0.39, 0.29) is 5.56 Å². The summed E-state index contributed by atoms with van der Waals surface area (Å²) in [6, 6.07) is 17.6. The Balaban J connectivity index is 1.22. The van der Waals surface area contributed by atoms with Gasteiger partial charge in [0.1, 0.15) is 10.6 Å². The van der Waals surface area contributed by atoms with Crippen LogP contribution in [0.1, 0.15) is 33.6 Å². The largest absolute Gasteiger partial charge is 0.497 e. The first-order valence-electron chi connectivity index (χ1n) is 11.6. The average Bonchev–Trinajstić information content (AvgIpc) is 3.41. The van der Waals surface area contributed by atoms with E-state index < -0.39 is 0 Å². The average molecular weight is 458 g/mol. The zero-order valence-electron chi connectivity index (χ0n) is 18.7. The van der Waals surface area contributed by atoms with E-state index >= 15 is 0 Å². The third-order valence-corrected chi connectivity index (χ3v) is 8.21. The zero-order chi connectivity index (χ0) is 22.4. The fourth-order valence-corrected chi connectivity index (χ4v) is 6.69. The van der Waals surface area contributed by atoms with E-state index in [0.29, 0.717) is 18.6 Å². The molecule has 6 heteroatoms. The Kier molecular flexibility index (Phi) is 5.27. The smallest absolute Gasteiger partial charge is 0.262 e. The molecule has 0 radical (unpaired) electrons. The van der Waals surface area contributed by atoms with Crippen LogP contribution in [0.25, 0.3) is 10.2 Å². The first-order valence-corrected chi connectivity index (χ1v) is 12.4. The number of benzene rings is 2. The van der Waals surface area contributed by atoms with Crippen molar-refractivity contribution in [1.82, 2.24) is 14.9 Å². The molecule has 0 spiro atoms. The number of ether oxygens (including phenoxy) is 1. The molecular weight excluding hydrogens is 430 g/mol. The lowest BCUT2D eigenvalue weighted by Crippen LogP contribution is -2.41. The second kappa shape index (κ2) is 8.43. The van der Waals surface area contributed by atoms with Gasteiger partial charge in [-0.05, 0) is 66.5 Å². The van der Waals surface area contributed by atoms with Crippen LogP contribution in [0.5, 0.6) is 5.75 Å². The molecule has 1 unspecified atom stereocenters. The van der Waals surface area contributed by atoms with Gasteiger partial charge in [-0.1, -0.05) is 36.4 Å². The molecule has 0 fully saturated rings. The standard InChI is InChI=1S/C27H27N3O2S/c1-32-22-8-4-5-17(11-22)15-30-16-28-26-25(27(30)31)23-10-9-20(14-24(23)33-26)29-21-12-18-6-2-3-7-19(18)13-21/h2-8,11,16,20-21,29H,9-10,12-15H2,1H3. The van der Waals surface area contributed by atoms with Crippen LogP contribution >= 0.6 is 11.3 Å². The fourth-order valence-electron chi connectivity index (χ4n) is 5.43. The van der Waals surface area contributed by atoms with Crippen molar-refractivity contribution in [2.45, 2.75) is 50.7 Å². The number of aromatic nitrogens is 2. The molecule has 0 amide bonds. The van der Waals surface area contributed by atoms with Crippen LogP contribution in [0.4, 0.5) is 0 Å². The highest BCUT2D eigenvalue weighted by Crippen LogP contribution is 2.34. The number of fused-ring (bicyclic) bond motifs is 4. The van der Waals surface area contributed by atoms with Crippen LogP contribution in [0.15, 0.2) is 59.7 Å². The van der Waals surface area contributed by atoms with E-state index in [9.17, 15) is 4.79 Å². The third-order valence-electron chi connectivity index (χ3n) is 7.05. The summed E-state index contributed by atoms with van der Waals surface area (Å²) in [5.74, 6) is 0.798. The minimum absolute atomic E-state index is 0.0676. The lowest BCUT2D eigenvalue weighted by Gasteiger charge is -2.26. The first-order chi connectivity index (χ1) is 16.2. The van der Waals surface area contributed by atoms with Crippen molar-refractivity contribution in [3.8, 4) is 5.75 Å². The summed E-state index contributed by atoms with van der Waals surface area (Å²) in [7, 11) is 1.66. The molecule has 4 aromatic rings. The Morgan fingerprint density at radius 2 is 1.91 bits per heavy atom. The highest BCUT2D eigenvalue weighted by Gasteiger charge is 2.28. The third kappa shape index (κ3) is 3.87. The van der Waals surface area contributed by atoms with Crippen LogP contribution in [-0.4, -0.2) is 28.7 Å². The summed E-state index contributed by atoms with van der Waals surface area (Å²) in [5.41, 5.74) is 5.28. The number of methoxy groups -OCH3 is 1. The molecule has 2 aliphatic carbocycles. The quantitative estimate of drug-likeness (QED) is 0.490. The molecule has 5 nitrogen and oxygen atoms in total. The summed E-state index contributed by atoms with van der Waals surface area (Å²) < 4.78 is 7.05. The minimum atomic E-state index is 0.0676. The first kappa shape index (κ1) is 20.6. The molecule has 0 bridgehead atoms. The van der Waals surface area contributed by atoms with Gasteiger partial charge >= 0.3 is 0 Å². The van der Waals surface area contributed by atoms with Gasteiger partial charge in [0.2, 0.25) is 0 Å². The summed E-state index contributed by atoms with van der Waals surface area (Å²) in [6.45, 7) is 0.496. The monoisotopic (exact) mass is 457 g/mol. The maximum Gasteiger partial charge on any atom is 0.262 e. The second-order valence-electron chi connectivity index (χ2n) is 9.19. The number of thiophene rings is 1. The van der Waals surface area contributed by atoms with E-state index in [0.717, 1.165) is 53.6 Å². The summed E-state index contributed by atoms with van der Waals surface area (Å²) >= 11 is 1.70. The van der Waals surface area contributed by atoms with E-state index in [2.05, 4.69) is 34.6 Å². The van der Waals surface area contributed by atoms with E-state index in [1.807, 2.05) is 24.3 Å². The lowest BCUT2D eigenvalue weighted by molar-refractivity contribution is 0.402. The van der Waals surface area contributed by atoms with Gasteiger partial charge in [-0.2, -0.15) is 0 Å². The van der Waals surface area contributed by atoms with Gasteiger partial charge in [0, 0.05) is 17.0 Å². The van der Waals surface area contributed by atoms with Crippen molar-refractivity contribution in [2.24, 2.45) is 0 Å². The topological polar surface area (TPSA) is 56.2 Å². The van der Waals surface area contributed by atoms with Crippen molar-refractivity contribution in [1.29, 1.82) is 0 Å². The number of hydrogen-bond donors (Lipinski definition) is 1. The summed E-state index contributed by atoms with van der Waals surface area (Å²) in [6.07, 6.45) is 6.91. The number of nitrogens with zero attached hydrogens (tertiary/aromatic N) is 2. The molecule has 6 rings (SSSR count). The van der Waals surface area contributed by atoms with E-state index in [1.54, 1.807) is 29.3 Å². The van der Waals surface area contributed by atoms with Crippen LogP contribution < -0.4 is 15.6 Å². The number of aryl methyl sites for hydroxylation is 1. The Hall–Kier alpha value is -2.96. The van der Waals surface area contributed by atoms with Crippen LogP contribution in [0, 0.1) is 0 Å². The van der Waals surface area contributed by atoms with Crippen LogP contribution in [-0.2, 0) is 32.2 Å². The molecule has 2 aromatic heterocycles. The molecule has 0 saturated heterocycles. The van der Waals surface area contributed by atoms with E-state index in [1.165, 1.54) is 21.6 Å². The van der Waals surface area contributed by atoms with Gasteiger partial charge in [0.05, 0.1) is 25.4 Å². The number of rotatable bonds is 5. The fraction of sp³-hybridized carbons (Fsp3) is 0.333. The van der Waals surface area contributed by atoms with Gasteiger partial charge in [0.15, 0.2) is 0 Å². The highest BCUT2D eigenvalue weighted by molar-refractivity contribution is 7.18. The lowest BCUT2D eigenvalue weighted by atomic mass is 9.92. The maximum absolute atomic E-state index is 13.4. The van der Waals surface area contributed by atoms with Gasteiger partial charge in [0.25, 0.3) is 5.56 Å². The van der Waals surface area contributed by atoms with Crippen LogP contribution in [0.3, 0.4) is 0 Å². The molecule has 33 heavy (non-hydrogen) atoms. The molecule has 0 saturated carbocycles. The van der Waals surface area contributed by atoms with Gasteiger partial charge < -0.3 is 10.1 Å². The Bertz CT molecular complexity index is 1360. The Morgan fingerprint density at radius 3 is 2.70 bits per heavy atom. The molecule has 1 atom stereocenters. The maximum atomic E-state index is 13.4. The van der Waals surface area contributed by atoms with Crippen molar-refractivity contribution >= 4 is 21.6 Å². The second-order valence-corrected chi connectivity index (χ2v) is 10.3. The summed E-state index contributed by atoms with van der Waals surface area (Å²) in [4.78, 5) is 20.3. The van der Waals surface area contributed by atoms with Crippen molar-refractivity contribution in [2.75, 3.05) is 7.11 Å². The Labute approximate surface area is 197 Å². The van der Waals surface area contributed by atoms with Gasteiger partial charge in [-0.25, -0.2) is 4.98 Å². The van der Waals surface area contributed by atoms with E-state index in [4.69, 9.17) is 4.74 Å². The number of hydrogen-bond acceptors (Lipinski definition) is 5. The molecule has 2 heterocycles. The van der Waals surface area contributed by atoms with Gasteiger partial charge in [-0.15, -0.1) is 11.3 Å². The molecule has 2 aromatic carbocycles. The molecule has 0 aliphatic heterocycles. The van der Waals surface area contributed by atoms with Gasteiger partial charge in [-0.3, -0.25) is 9.36 Å². The zero-order valence-corrected chi connectivity index (χ0v) is 19.5. The van der Waals surface area contributed by atoms with Crippen molar-refractivity contribution < 1.29 is 4.74 Å². The predicted molar refractivity (Wildman–Crippen MR) is 133 cm³/mol. The minimum Gasteiger partial charge on any atom is -0.497 e. The van der Waals surface area contributed by atoms with Crippen molar-refractivity contribution in [3.05, 3.63) is 92.3 Å². The highest BCUT2D eigenvalue weighted by atomic mass is 32.1. The molecule has 1 N–H and O–H groups in total.